The van der Waals surface area contributed by atoms with Crippen molar-refractivity contribution in [3.8, 4) is 5.75 Å². The highest BCUT2D eigenvalue weighted by Gasteiger charge is 2.47. The third kappa shape index (κ3) is 5.49. The van der Waals surface area contributed by atoms with Gasteiger partial charge in [-0.3, -0.25) is 4.79 Å². The molecule has 6 atom stereocenters. The number of nitrogens with one attached hydrogen (secondary N) is 1. The summed E-state index contributed by atoms with van der Waals surface area (Å²) in [5.41, 5.74) is 3.26. The lowest BCUT2D eigenvalue weighted by atomic mass is 9.68. The van der Waals surface area contributed by atoms with Gasteiger partial charge in [0.1, 0.15) is 5.75 Å². The number of rotatable bonds is 9. The smallest absolute Gasteiger partial charge is 0.264 e. The van der Waals surface area contributed by atoms with Gasteiger partial charge in [0.2, 0.25) is 10.0 Å². The number of amides is 1. The van der Waals surface area contributed by atoms with Gasteiger partial charge >= 0.3 is 0 Å². The number of halogens is 1. The van der Waals surface area contributed by atoms with Gasteiger partial charge in [-0.05, 0) is 104 Å². The van der Waals surface area contributed by atoms with Crippen LogP contribution in [0.3, 0.4) is 0 Å². The van der Waals surface area contributed by atoms with Crippen molar-refractivity contribution < 1.29 is 23.1 Å². The van der Waals surface area contributed by atoms with Gasteiger partial charge in [-0.25, -0.2) is 13.1 Å². The van der Waals surface area contributed by atoms with Crippen LogP contribution in [0, 0.1) is 17.8 Å². The van der Waals surface area contributed by atoms with Gasteiger partial charge in [0.25, 0.3) is 5.91 Å². The second-order valence-electron chi connectivity index (χ2n) is 12.5. The lowest BCUT2D eigenvalue weighted by Gasteiger charge is -2.45. The maximum atomic E-state index is 13.3. The van der Waals surface area contributed by atoms with Crippen LogP contribution >= 0.6 is 11.6 Å². The lowest BCUT2D eigenvalue weighted by molar-refractivity contribution is 0.0460. The van der Waals surface area contributed by atoms with Crippen molar-refractivity contribution in [1.82, 2.24) is 4.72 Å². The van der Waals surface area contributed by atoms with Crippen molar-refractivity contribution in [1.29, 1.82) is 0 Å². The van der Waals surface area contributed by atoms with Gasteiger partial charge in [0.05, 0.1) is 23.6 Å². The standard InChI is InChI=1S/C33H39ClN2O5S/c1-3-6-22-17-31(22)42(39,40)35-32(38)23-9-13-30-28(16-23)36(18-24-8-11-26(24)29(37)4-2)19-33(20-41-30)14-5-7-21-15-25(34)10-12-27(21)33/h3-4,9-10,12-13,15-16,22,24,26,29,31,37H,1-2,5-8,11,14,17-20H2,(H,35,38)/t22-,24+,26-,29?,31-,33+/m1/s1. The monoisotopic (exact) mass is 610 g/mol. The molecule has 0 radical (unpaired) electrons. The van der Waals surface area contributed by atoms with Gasteiger partial charge in [0.15, 0.2) is 0 Å². The molecule has 2 fully saturated rings. The van der Waals surface area contributed by atoms with E-state index < -0.39 is 27.3 Å². The summed E-state index contributed by atoms with van der Waals surface area (Å²) < 4.78 is 34.6. The summed E-state index contributed by atoms with van der Waals surface area (Å²) in [5, 5.41) is 10.7. The highest BCUT2D eigenvalue weighted by molar-refractivity contribution is 7.91. The molecular weight excluding hydrogens is 572 g/mol. The summed E-state index contributed by atoms with van der Waals surface area (Å²) in [6, 6.07) is 11.3. The van der Waals surface area contributed by atoms with E-state index >= 15 is 0 Å². The molecule has 1 heterocycles. The van der Waals surface area contributed by atoms with E-state index in [1.54, 1.807) is 30.4 Å². The summed E-state index contributed by atoms with van der Waals surface area (Å²) in [6.45, 7) is 9.34. The Morgan fingerprint density at radius 1 is 1.21 bits per heavy atom. The molecule has 2 aromatic rings. The number of fused-ring (bicyclic) bond motifs is 3. The number of aryl methyl sites for hydroxylation is 1. The molecule has 3 aliphatic carbocycles. The Kier molecular flexibility index (Phi) is 7.92. The predicted octanol–water partition coefficient (Wildman–Crippen LogP) is 5.41. The van der Waals surface area contributed by atoms with E-state index in [4.69, 9.17) is 16.3 Å². The molecule has 0 aromatic heterocycles. The molecule has 7 nitrogen and oxygen atoms in total. The average Bonchev–Trinajstić information content (AvgIpc) is 3.75. The Balaban J connectivity index is 1.32. The van der Waals surface area contributed by atoms with Crippen LogP contribution in [0.25, 0.3) is 0 Å². The molecule has 1 spiro atoms. The van der Waals surface area contributed by atoms with Gasteiger partial charge in [0, 0.05) is 29.1 Å². The van der Waals surface area contributed by atoms with Crippen molar-refractivity contribution in [2.45, 2.75) is 61.7 Å². The molecule has 2 aromatic carbocycles. The number of aliphatic hydroxyl groups excluding tert-OH is 1. The molecule has 9 heteroatoms. The van der Waals surface area contributed by atoms with Crippen LogP contribution in [0.4, 0.5) is 5.69 Å². The Hall–Kier alpha value is -2.81. The maximum Gasteiger partial charge on any atom is 0.264 e. The summed E-state index contributed by atoms with van der Waals surface area (Å²) >= 11 is 6.37. The number of allylic oxidation sites excluding steroid dienone is 1. The summed E-state index contributed by atoms with van der Waals surface area (Å²) in [4.78, 5) is 15.6. The average molecular weight is 611 g/mol. The van der Waals surface area contributed by atoms with Crippen LogP contribution in [-0.4, -0.2) is 50.5 Å². The van der Waals surface area contributed by atoms with Crippen LogP contribution in [-0.2, 0) is 21.9 Å². The number of benzene rings is 2. The zero-order valence-electron chi connectivity index (χ0n) is 23.8. The van der Waals surface area contributed by atoms with E-state index in [0.717, 1.165) is 42.8 Å². The van der Waals surface area contributed by atoms with Crippen molar-refractivity contribution in [2.24, 2.45) is 17.8 Å². The number of ether oxygens (including phenoxy) is 1. The van der Waals surface area contributed by atoms with Crippen molar-refractivity contribution >= 4 is 33.2 Å². The van der Waals surface area contributed by atoms with E-state index in [2.05, 4.69) is 34.9 Å². The quantitative estimate of drug-likeness (QED) is 0.369. The number of anilines is 1. The number of sulfonamides is 1. The Bertz CT molecular complexity index is 1510. The Morgan fingerprint density at radius 2 is 2.05 bits per heavy atom. The normalized spacial score (nSPS) is 28.8. The molecule has 6 rings (SSSR count). The molecule has 1 amide bonds. The third-order valence-corrected chi connectivity index (χ3v) is 12.0. The highest BCUT2D eigenvalue weighted by atomic mass is 35.5. The number of hydrogen-bond acceptors (Lipinski definition) is 6. The molecule has 2 saturated carbocycles. The van der Waals surface area contributed by atoms with Crippen LogP contribution in [0.15, 0.2) is 61.7 Å². The fourth-order valence-electron chi connectivity index (χ4n) is 7.31. The zero-order chi connectivity index (χ0) is 29.6. The summed E-state index contributed by atoms with van der Waals surface area (Å²) in [5.74, 6) is 0.420. The predicted molar refractivity (Wildman–Crippen MR) is 166 cm³/mol. The van der Waals surface area contributed by atoms with Gasteiger partial charge < -0.3 is 14.7 Å². The lowest BCUT2D eigenvalue weighted by Crippen LogP contribution is -2.49. The molecule has 1 unspecified atom stereocenters. The van der Waals surface area contributed by atoms with Gasteiger partial charge in [-0.2, -0.15) is 0 Å². The summed E-state index contributed by atoms with van der Waals surface area (Å²) in [7, 11) is -3.78. The van der Waals surface area contributed by atoms with Gasteiger partial charge in [-0.1, -0.05) is 29.8 Å². The fourth-order valence-corrected chi connectivity index (χ4v) is 9.15. The third-order valence-electron chi connectivity index (χ3n) is 9.87. The molecule has 224 valence electrons. The molecule has 1 aliphatic heterocycles. The number of carbonyl (C=O) groups excluding carboxylic acids is 1. The highest BCUT2D eigenvalue weighted by Crippen LogP contribution is 2.47. The molecule has 42 heavy (non-hydrogen) atoms. The first-order valence-electron chi connectivity index (χ1n) is 14.9. The van der Waals surface area contributed by atoms with Crippen LogP contribution in [0.2, 0.25) is 5.02 Å². The minimum atomic E-state index is -3.78. The van der Waals surface area contributed by atoms with Crippen molar-refractivity contribution in [3.05, 3.63) is 83.4 Å². The molecule has 0 bridgehead atoms. The van der Waals surface area contributed by atoms with E-state index in [1.807, 2.05) is 6.07 Å². The van der Waals surface area contributed by atoms with Crippen LogP contribution < -0.4 is 14.4 Å². The summed E-state index contributed by atoms with van der Waals surface area (Å²) in [6.07, 6.45) is 8.79. The Labute approximate surface area is 253 Å². The van der Waals surface area contributed by atoms with Gasteiger partial charge in [-0.15, -0.1) is 13.2 Å². The number of nitrogens with zero attached hydrogens (tertiary/aromatic N) is 1. The van der Waals surface area contributed by atoms with Crippen LogP contribution in [0.5, 0.6) is 5.75 Å². The number of carbonyl (C=O) groups is 1. The topological polar surface area (TPSA) is 95.9 Å². The Morgan fingerprint density at radius 3 is 2.79 bits per heavy atom. The first-order valence-corrected chi connectivity index (χ1v) is 16.8. The minimum Gasteiger partial charge on any atom is -0.490 e. The molecule has 0 saturated heterocycles. The molecular formula is C33H39ClN2O5S. The van der Waals surface area contributed by atoms with Crippen molar-refractivity contribution in [2.75, 3.05) is 24.6 Å². The number of aliphatic hydroxyl groups is 1. The number of hydrogen-bond donors (Lipinski definition) is 2. The van der Waals surface area contributed by atoms with E-state index in [-0.39, 0.29) is 28.7 Å². The SMILES string of the molecule is C=CC[C@@H]1C[C@H]1S(=O)(=O)NC(=O)c1ccc2c(c1)N(C[C@@H]1CC[C@H]1C(O)C=C)C[C@@]1(CCCc3cc(Cl)ccc31)CO2. The van der Waals surface area contributed by atoms with E-state index in [9.17, 15) is 18.3 Å². The minimum absolute atomic E-state index is 0.00881. The fraction of sp³-hybridized carbons (Fsp3) is 0.485. The second kappa shape index (κ2) is 11.4. The van der Waals surface area contributed by atoms with Crippen molar-refractivity contribution in [3.63, 3.8) is 0 Å². The molecule has 4 aliphatic rings. The van der Waals surface area contributed by atoms with E-state index in [1.165, 1.54) is 11.1 Å². The zero-order valence-corrected chi connectivity index (χ0v) is 25.4. The van der Waals surface area contributed by atoms with Crippen LogP contribution in [0.1, 0.15) is 60.0 Å². The first-order chi connectivity index (χ1) is 20.1. The largest absolute Gasteiger partial charge is 0.490 e. The maximum absolute atomic E-state index is 13.3. The first kappa shape index (κ1) is 29.3. The van der Waals surface area contributed by atoms with E-state index in [0.29, 0.717) is 38.3 Å². The second-order valence-corrected chi connectivity index (χ2v) is 14.9. The molecule has 2 N–H and O–H groups in total.